The molecule has 164 valence electrons. The minimum absolute atomic E-state index is 0.00343. The minimum Gasteiger partial charge on any atom is -0.493 e. The van der Waals surface area contributed by atoms with Gasteiger partial charge in [0.1, 0.15) is 11.6 Å². The van der Waals surface area contributed by atoms with Crippen LogP contribution in [0.1, 0.15) is 47.6 Å². The van der Waals surface area contributed by atoms with E-state index in [2.05, 4.69) is 17.4 Å². The van der Waals surface area contributed by atoms with Crippen molar-refractivity contribution in [3.63, 3.8) is 0 Å². The van der Waals surface area contributed by atoms with Crippen molar-refractivity contribution in [2.45, 2.75) is 45.6 Å². The van der Waals surface area contributed by atoms with Gasteiger partial charge in [0, 0.05) is 25.1 Å². The van der Waals surface area contributed by atoms with E-state index in [1.54, 1.807) is 17.0 Å². The van der Waals surface area contributed by atoms with Gasteiger partial charge in [-0.3, -0.25) is 9.59 Å². The summed E-state index contributed by atoms with van der Waals surface area (Å²) in [6.07, 6.45) is 2.53. The molecule has 2 atom stereocenters. The number of nitrogens with one attached hydrogen (secondary N) is 1. The molecular weight excluding hydrogens is 395 g/mol. The number of hydrogen-bond acceptors (Lipinski definition) is 3. The molecule has 4 rings (SSSR count). The molecular formula is C25H29FN2O3. The highest BCUT2D eigenvalue weighted by molar-refractivity contribution is 5.82. The fourth-order valence-electron chi connectivity index (χ4n) is 4.62. The third-order valence-electron chi connectivity index (χ3n) is 6.21. The summed E-state index contributed by atoms with van der Waals surface area (Å²) in [5.74, 6) is 0.319. The van der Waals surface area contributed by atoms with Crippen molar-refractivity contribution < 1.29 is 18.7 Å². The van der Waals surface area contributed by atoms with Crippen LogP contribution in [0.2, 0.25) is 0 Å². The van der Waals surface area contributed by atoms with Gasteiger partial charge in [-0.2, -0.15) is 0 Å². The Labute approximate surface area is 182 Å². The molecule has 2 aliphatic heterocycles. The predicted molar refractivity (Wildman–Crippen MR) is 116 cm³/mol. The van der Waals surface area contributed by atoms with Crippen LogP contribution >= 0.6 is 0 Å². The first-order valence-corrected chi connectivity index (χ1v) is 11.0. The van der Waals surface area contributed by atoms with E-state index >= 15 is 0 Å². The third-order valence-corrected chi connectivity index (χ3v) is 6.21. The van der Waals surface area contributed by atoms with Gasteiger partial charge in [0.15, 0.2) is 0 Å². The van der Waals surface area contributed by atoms with Crippen molar-refractivity contribution in [2.75, 3.05) is 19.7 Å². The highest BCUT2D eigenvalue weighted by atomic mass is 19.1. The fraction of sp³-hybridized carbons (Fsp3) is 0.440. The van der Waals surface area contributed by atoms with Gasteiger partial charge in [0.25, 0.3) is 0 Å². The zero-order chi connectivity index (χ0) is 22.0. The number of aryl methyl sites for hydroxylation is 2. The number of nitrogens with zero attached hydrogens (tertiary/aromatic N) is 1. The molecule has 1 saturated heterocycles. The number of fused-ring (bicyclic) bond motifs is 1. The summed E-state index contributed by atoms with van der Waals surface area (Å²) in [6, 6.07) is 10.1. The molecule has 2 amide bonds. The van der Waals surface area contributed by atoms with Gasteiger partial charge in [0.05, 0.1) is 25.0 Å². The molecule has 2 heterocycles. The molecule has 5 nitrogen and oxygen atoms in total. The van der Waals surface area contributed by atoms with Gasteiger partial charge in [-0.05, 0) is 49.9 Å². The maximum Gasteiger partial charge on any atom is 0.227 e. The number of amides is 2. The number of ether oxygens (including phenoxy) is 1. The molecule has 2 aromatic rings. The molecule has 31 heavy (non-hydrogen) atoms. The third kappa shape index (κ3) is 4.89. The highest BCUT2D eigenvalue weighted by Gasteiger charge is 2.31. The monoisotopic (exact) mass is 424 g/mol. The molecule has 0 radical (unpaired) electrons. The summed E-state index contributed by atoms with van der Waals surface area (Å²) < 4.78 is 19.0. The average Bonchev–Trinajstić information content (AvgIpc) is 2.76. The number of piperidine rings is 1. The van der Waals surface area contributed by atoms with E-state index in [9.17, 15) is 14.0 Å². The largest absolute Gasteiger partial charge is 0.493 e. The first-order chi connectivity index (χ1) is 14.9. The Kier molecular flexibility index (Phi) is 6.25. The van der Waals surface area contributed by atoms with Gasteiger partial charge in [-0.1, -0.05) is 29.8 Å². The maximum absolute atomic E-state index is 13.1. The molecule has 6 heteroatoms. The summed E-state index contributed by atoms with van der Waals surface area (Å²) in [7, 11) is 0. The van der Waals surface area contributed by atoms with Gasteiger partial charge in [-0.25, -0.2) is 4.39 Å². The van der Waals surface area contributed by atoms with Crippen molar-refractivity contribution in [2.24, 2.45) is 5.92 Å². The molecule has 2 aliphatic rings. The van der Waals surface area contributed by atoms with E-state index in [0.29, 0.717) is 19.7 Å². The van der Waals surface area contributed by atoms with Crippen LogP contribution in [0.15, 0.2) is 36.4 Å². The quantitative estimate of drug-likeness (QED) is 0.811. The number of carbonyl (C=O) groups excluding carboxylic acids is 2. The summed E-state index contributed by atoms with van der Waals surface area (Å²) in [4.78, 5) is 27.6. The normalized spacial score (nSPS) is 20.5. The van der Waals surface area contributed by atoms with E-state index in [1.807, 2.05) is 13.8 Å². The van der Waals surface area contributed by atoms with E-state index in [-0.39, 0.29) is 36.0 Å². The van der Waals surface area contributed by atoms with Gasteiger partial charge < -0.3 is 15.0 Å². The summed E-state index contributed by atoms with van der Waals surface area (Å²) >= 11 is 0. The van der Waals surface area contributed by atoms with Crippen LogP contribution in [0.3, 0.4) is 0 Å². The van der Waals surface area contributed by atoms with Crippen molar-refractivity contribution in [1.82, 2.24) is 10.2 Å². The Balaban J connectivity index is 1.39. The van der Waals surface area contributed by atoms with Crippen LogP contribution in [0.4, 0.5) is 4.39 Å². The lowest BCUT2D eigenvalue weighted by Crippen LogP contribution is -2.47. The standard InChI is InChI=1S/C25H29FN2O3/c1-16-12-17(2)24-21(13-16)22(9-11-31-24)27-25(30)19-4-3-10-28(15-19)23(29)14-18-5-7-20(26)8-6-18/h5-8,12-13,19,22H,3-4,9-11,14-15H2,1-2H3,(H,27,30). The van der Waals surface area contributed by atoms with Gasteiger partial charge >= 0.3 is 0 Å². The number of carbonyl (C=O) groups is 2. The Hall–Kier alpha value is -2.89. The van der Waals surface area contributed by atoms with Crippen LogP contribution in [0.5, 0.6) is 5.75 Å². The molecule has 2 aromatic carbocycles. The van der Waals surface area contributed by atoms with Crippen molar-refractivity contribution in [3.05, 3.63) is 64.5 Å². The summed E-state index contributed by atoms with van der Waals surface area (Å²) in [5, 5.41) is 3.22. The van der Waals surface area contributed by atoms with Crippen LogP contribution in [-0.4, -0.2) is 36.4 Å². The van der Waals surface area contributed by atoms with Crippen LogP contribution < -0.4 is 10.1 Å². The maximum atomic E-state index is 13.1. The topological polar surface area (TPSA) is 58.6 Å². The molecule has 0 spiro atoms. The van der Waals surface area contributed by atoms with Gasteiger partial charge in [0.2, 0.25) is 11.8 Å². The van der Waals surface area contributed by atoms with Crippen molar-refractivity contribution in [1.29, 1.82) is 0 Å². The first-order valence-electron chi connectivity index (χ1n) is 11.0. The first kappa shape index (κ1) is 21.3. The second kappa shape index (κ2) is 9.08. The molecule has 0 aromatic heterocycles. The molecule has 1 N–H and O–H groups in total. The van der Waals surface area contributed by atoms with Crippen molar-refractivity contribution >= 4 is 11.8 Å². The van der Waals surface area contributed by atoms with E-state index < -0.39 is 0 Å². The lowest BCUT2D eigenvalue weighted by molar-refractivity contribution is -0.135. The lowest BCUT2D eigenvalue weighted by atomic mass is 9.93. The van der Waals surface area contributed by atoms with Crippen LogP contribution in [-0.2, 0) is 16.0 Å². The second-order valence-electron chi connectivity index (χ2n) is 8.68. The average molecular weight is 425 g/mol. The van der Waals surface area contributed by atoms with E-state index in [4.69, 9.17) is 4.74 Å². The van der Waals surface area contributed by atoms with Crippen molar-refractivity contribution in [3.8, 4) is 5.75 Å². The highest BCUT2D eigenvalue weighted by Crippen LogP contribution is 2.36. The number of benzene rings is 2. The zero-order valence-electron chi connectivity index (χ0n) is 18.1. The molecule has 1 fully saturated rings. The second-order valence-corrected chi connectivity index (χ2v) is 8.68. The minimum atomic E-state index is -0.314. The number of hydrogen-bond donors (Lipinski definition) is 1. The molecule has 0 saturated carbocycles. The molecule has 0 bridgehead atoms. The number of likely N-dealkylation sites (tertiary alicyclic amines) is 1. The summed E-state index contributed by atoms with van der Waals surface area (Å²) in [6.45, 7) is 5.74. The Bertz CT molecular complexity index is 973. The lowest BCUT2D eigenvalue weighted by Gasteiger charge is -2.34. The molecule has 0 aliphatic carbocycles. The Morgan fingerprint density at radius 2 is 1.94 bits per heavy atom. The number of rotatable bonds is 4. The SMILES string of the molecule is Cc1cc(C)c2c(c1)C(NC(=O)C1CCCN(C(=O)Cc3ccc(F)cc3)C1)CCO2. The van der Waals surface area contributed by atoms with Gasteiger partial charge in [-0.15, -0.1) is 0 Å². The van der Waals surface area contributed by atoms with E-state index in [1.165, 1.54) is 12.1 Å². The Morgan fingerprint density at radius 1 is 1.16 bits per heavy atom. The van der Waals surface area contributed by atoms with E-state index in [0.717, 1.165) is 47.3 Å². The number of halogens is 1. The predicted octanol–water partition coefficient (Wildman–Crippen LogP) is 3.86. The smallest absolute Gasteiger partial charge is 0.227 e. The van der Waals surface area contributed by atoms with Crippen LogP contribution in [0, 0.1) is 25.6 Å². The Morgan fingerprint density at radius 3 is 2.71 bits per heavy atom. The zero-order valence-corrected chi connectivity index (χ0v) is 18.1. The summed E-state index contributed by atoms with van der Waals surface area (Å²) in [5.41, 5.74) is 4.06. The van der Waals surface area contributed by atoms with Crippen LogP contribution in [0.25, 0.3) is 0 Å². The molecule has 2 unspecified atom stereocenters. The fourth-order valence-corrected chi connectivity index (χ4v) is 4.62.